The van der Waals surface area contributed by atoms with E-state index in [1.165, 1.54) is 10.4 Å². The van der Waals surface area contributed by atoms with Crippen molar-refractivity contribution in [3.63, 3.8) is 0 Å². The predicted molar refractivity (Wildman–Crippen MR) is 106 cm³/mol. The summed E-state index contributed by atoms with van der Waals surface area (Å²) in [5.41, 5.74) is 1.45. The van der Waals surface area contributed by atoms with Gasteiger partial charge in [-0.05, 0) is 56.5 Å². The van der Waals surface area contributed by atoms with Gasteiger partial charge in [0.15, 0.2) is 11.6 Å². The molecule has 1 fully saturated rings. The van der Waals surface area contributed by atoms with E-state index in [1.807, 2.05) is 6.92 Å². The quantitative estimate of drug-likeness (QED) is 0.801. The van der Waals surface area contributed by atoms with Gasteiger partial charge in [0, 0.05) is 19.0 Å². The number of aryl methyl sites for hydroxylation is 1. The number of carbonyl (C=O) groups is 1. The predicted octanol–water partition coefficient (Wildman–Crippen LogP) is 3.55. The molecule has 1 atom stereocenters. The van der Waals surface area contributed by atoms with Crippen molar-refractivity contribution in [2.24, 2.45) is 5.92 Å². The average Bonchev–Trinajstić information content (AvgIpc) is 2.70. The summed E-state index contributed by atoms with van der Waals surface area (Å²) in [7, 11) is -3.58. The van der Waals surface area contributed by atoms with Crippen LogP contribution in [0.25, 0.3) is 0 Å². The van der Waals surface area contributed by atoms with Gasteiger partial charge in [-0.1, -0.05) is 23.8 Å². The van der Waals surface area contributed by atoms with Crippen LogP contribution in [0, 0.1) is 24.5 Å². The molecule has 1 aliphatic heterocycles. The molecule has 1 N–H and O–H groups in total. The molecular weight excluding hydrogens is 398 g/mol. The average molecular weight is 422 g/mol. The van der Waals surface area contributed by atoms with Gasteiger partial charge in [-0.25, -0.2) is 17.2 Å². The second kappa shape index (κ2) is 8.59. The Balaban J connectivity index is 1.59. The summed E-state index contributed by atoms with van der Waals surface area (Å²) in [4.78, 5) is 12.8. The first-order chi connectivity index (χ1) is 13.7. The van der Waals surface area contributed by atoms with E-state index in [-0.39, 0.29) is 29.8 Å². The zero-order chi connectivity index (χ0) is 21.2. The standard InChI is InChI=1S/C21H24F2N2O3S/c1-14-3-6-18(7-4-14)29(27,28)25-11-9-16(10-12-25)21(26)24-15(2)17-5-8-19(22)20(23)13-17/h3-8,13,15-16H,9-12H2,1-2H3,(H,24,26). The van der Waals surface area contributed by atoms with Crippen LogP contribution >= 0.6 is 0 Å². The second-order valence-corrected chi connectivity index (χ2v) is 9.33. The van der Waals surface area contributed by atoms with E-state index in [4.69, 9.17) is 0 Å². The molecule has 1 amide bonds. The van der Waals surface area contributed by atoms with E-state index in [1.54, 1.807) is 31.2 Å². The first-order valence-corrected chi connectivity index (χ1v) is 10.9. The van der Waals surface area contributed by atoms with Crippen LogP contribution < -0.4 is 5.32 Å². The number of halogens is 2. The fourth-order valence-corrected chi connectivity index (χ4v) is 4.88. The minimum Gasteiger partial charge on any atom is -0.349 e. The molecule has 156 valence electrons. The van der Waals surface area contributed by atoms with Crippen molar-refractivity contribution in [1.29, 1.82) is 0 Å². The molecule has 29 heavy (non-hydrogen) atoms. The molecular formula is C21H24F2N2O3S. The maximum absolute atomic E-state index is 13.4. The molecule has 0 saturated carbocycles. The summed E-state index contributed by atoms with van der Waals surface area (Å²) in [5.74, 6) is -2.44. The van der Waals surface area contributed by atoms with Gasteiger partial charge in [0.05, 0.1) is 10.9 Å². The first-order valence-electron chi connectivity index (χ1n) is 9.50. The molecule has 1 saturated heterocycles. The molecule has 1 aliphatic rings. The van der Waals surface area contributed by atoms with Gasteiger partial charge in [-0.2, -0.15) is 4.31 Å². The fourth-order valence-electron chi connectivity index (χ4n) is 3.41. The van der Waals surface area contributed by atoms with Crippen molar-refractivity contribution >= 4 is 15.9 Å². The number of piperidine rings is 1. The van der Waals surface area contributed by atoms with E-state index in [0.29, 0.717) is 18.4 Å². The van der Waals surface area contributed by atoms with Crippen LogP contribution in [0.4, 0.5) is 8.78 Å². The van der Waals surface area contributed by atoms with Crippen molar-refractivity contribution in [3.8, 4) is 0 Å². The van der Waals surface area contributed by atoms with E-state index in [2.05, 4.69) is 5.32 Å². The van der Waals surface area contributed by atoms with E-state index >= 15 is 0 Å². The SMILES string of the molecule is Cc1ccc(S(=O)(=O)N2CCC(C(=O)NC(C)c3ccc(F)c(F)c3)CC2)cc1. The van der Waals surface area contributed by atoms with Crippen LogP contribution in [0.1, 0.15) is 36.9 Å². The summed E-state index contributed by atoms with van der Waals surface area (Å²) in [5, 5.41) is 2.81. The molecule has 2 aromatic rings. The van der Waals surface area contributed by atoms with E-state index < -0.39 is 27.7 Å². The lowest BCUT2D eigenvalue weighted by Gasteiger charge is -2.31. The number of nitrogens with one attached hydrogen (secondary N) is 1. The third kappa shape index (κ3) is 4.82. The van der Waals surface area contributed by atoms with Gasteiger partial charge in [-0.3, -0.25) is 4.79 Å². The van der Waals surface area contributed by atoms with Crippen LogP contribution in [0.2, 0.25) is 0 Å². The van der Waals surface area contributed by atoms with Gasteiger partial charge in [0.2, 0.25) is 15.9 Å². The largest absolute Gasteiger partial charge is 0.349 e. The molecule has 5 nitrogen and oxygen atoms in total. The van der Waals surface area contributed by atoms with E-state index in [0.717, 1.165) is 17.7 Å². The van der Waals surface area contributed by atoms with Gasteiger partial charge >= 0.3 is 0 Å². The zero-order valence-corrected chi connectivity index (χ0v) is 17.2. The second-order valence-electron chi connectivity index (χ2n) is 7.40. The molecule has 2 aromatic carbocycles. The van der Waals surface area contributed by atoms with Gasteiger partial charge in [0.25, 0.3) is 0 Å². The van der Waals surface area contributed by atoms with Crippen molar-refractivity contribution < 1.29 is 22.0 Å². The molecule has 0 bridgehead atoms. The maximum Gasteiger partial charge on any atom is 0.243 e. The molecule has 1 unspecified atom stereocenters. The highest BCUT2D eigenvalue weighted by Crippen LogP contribution is 2.25. The third-order valence-electron chi connectivity index (χ3n) is 5.29. The Morgan fingerprint density at radius 2 is 1.69 bits per heavy atom. The Morgan fingerprint density at radius 1 is 1.07 bits per heavy atom. The van der Waals surface area contributed by atoms with Crippen LogP contribution in [-0.4, -0.2) is 31.7 Å². The Hall–Kier alpha value is -2.32. The first kappa shape index (κ1) is 21.4. The number of nitrogens with zero attached hydrogens (tertiary/aromatic N) is 1. The monoisotopic (exact) mass is 422 g/mol. The van der Waals surface area contributed by atoms with Crippen molar-refractivity contribution in [1.82, 2.24) is 9.62 Å². The lowest BCUT2D eigenvalue weighted by Crippen LogP contribution is -2.43. The highest BCUT2D eigenvalue weighted by atomic mass is 32.2. The van der Waals surface area contributed by atoms with Crippen LogP contribution in [0.5, 0.6) is 0 Å². The minimum atomic E-state index is -3.58. The summed E-state index contributed by atoms with van der Waals surface area (Å²) < 4.78 is 53.4. The molecule has 0 aliphatic carbocycles. The van der Waals surface area contributed by atoms with Gasteiger partial charge < -0.3 is 5.32 Å². The molecule has 0 radical (unpaired) electrons. The molecule has 8 heteroatoms. The highest BCUT2D eigenvalue weighted by Gasteiger charge is 2.32. The number of hydrogen-bond acceptors (Lipinski definition) is 3. The number of amides is 1. The lowest BCUT2D eigenvalue weighted by molar-refractivity contribution is -0.126. The Bertz CT molecular complexity index is 985. The third-order valence-corrected chi connectivity index (χ3v) is 7.20. The Labute approximate surface area is 169 Å². The number of hydrogen-bond donors (Lipinski definition) is 1. The fraction of sp³-hybridized carbons (Fsp3) is 0.381. The summed E-state index contributed by atoms with van der Waals surface area (Å²) in [6, 6.07) is 9.74. The van der Waals surface area contributed by atoms with Crippen LogP contribution in [0.3, 0.4) is 0 Å². The highest BCUT2D eigenvalue weighted by molar-refractivity contribution is 7.89. The van der Waals surface area contributed by atoms with E-state index in [9.17, 15) is 22.0 Å². The minimum absolute atomic E-state index is 0.213. The normalized spacial score (nSPS) is 17.1. The molecule has 3 rings (SSSR count). The zero-order valence-electron chi connectivity index (χ0n) is 16.4. The van der Waals surface area contributed by atoms with Gasteiger partial charge in [-0.15, -0.1) is 0 Å². The molecule has 1 heterocycles. The lowest BCUT2D eigenvalue weighted by atomic mass is 9.96. The number of benzene rings is 2. The summed E-state index contributed by atoms with van der Waals surface area (Å²) in [6.07, 6.45) is 0.808. The maximum atomic E-state index is 13.4. The summed E-state index contributed by atoms with van der Waals surface area (Å²) >= 11 is 0. The summed E-state index contributed by atoms with van der Waals surface area (Å²) in [6.45, 7) is 4.10. The number of carbonyl (C=O) groups excluding carboxylic acids is 1. The van der Waals surface area contributed by atoms with Crippen molar-refractivity contribution in [2.45, 2.75) is 37.6 Å². The Kier molecular flexibility index (Phi) is 6.33. The molecule has 0 aromatic heterocycles. The smallest absolute Gasteiger partial charge is 0.243 e. The van der Waals surface area contributed by atoms with Crippen LogP contribution in [0.15, 0.2) is 47.4 Å². The van der Waals surface area contributed by atoms with Gasteiger partial charge in [0.1, 0.15) is 0 Å². The van der Waals surface area contributed by atoms with Crippen molar-refractivity contribution in [2.75, 3.05) is 13.1 Å². The molecule has 0 spiro atoms. The number of sulfonamides is 1. The topological polar surface area (TPSA) is 66.5 Å². The van der Waals surface area contributed by atoms with Crippen molar-refractivity contribution in [3.05, 3.63) is 65.2 Å². The van der Waals surface area contributed by atoms with Crippen LogP contribution in [-0.2, 0) is 14.8 Å². The Morgan fingerprint density at radius 3 is 2.28 bits per heavy atom. The number of rotatable bonds is 5.